The lowest BCUT2D eigenvalue weighted by atomic mass is 9.77. The summed E-state index contributed by atoms with van der Waals surface area (Å²) in [6.07, 6.45) is -1.71. The fourth-order valence-corrected chi connectivity index (χ4v) is 5.52. The topological polar surface area (TPSA) is 159 Å². The molecule has 0 aliphatic heterocycles. The molecule has 248 valence electrons. The molecule has 1 fully saturated rings. The molecule has 1 aromatic heterocycles. The Kier molecular flexibility index (Phi) is 12.5. The number of nitrogens with one attached hydrogen (secondary N) is 2. The van der Waals surface area contributed by atoms with E-state index in [1.165, 1.54) is 0 Å². The fraction of sp³-hybridized carbons (Fsp3) is 0.367. The molecule has 2 aromatic carbocycles. The van der Waals surface area contributed by atoms with Gasteiger partial charge >= 0.3 is 12.1 Å². The number of carboxylic acid groups (broad SMARTS) is 2. The van der Waals surface area contributed by atoms with E-state index in [0.29, 0.717) is 11.6 Å². The van der Waals surface area contributed by atoms with Gasteiger partial charge in [-0.2, -0.15) is 13.2 Å². The second kappa shape index (κ2) is 15.9. The number of carbonyl (C=O) groups is 4. The minimum atomic E-state index is -5.10. The summed E-state index contributed by atoms with van der Waals surface area (Å²) in [7, 11) is 0. The Hall–Kier alpha value is -4.17. The lowest BCUT2D eigenvalue weighted by molar-refractivity contribution is -0.153. The molecule has 1 saturated carbocycles. The van der Waals surface area contributed by atoms with Gasteiger partial charge in [0, 0.05) is 32.0 Å². The average Bonchev–Trinajstić information content (AvgIpc) is 3.39. The van der Waals surface area contributed by atoms with E-state index >= 15 is 0 Å². The van der Waals surface area contributed by atoms with Crippen molar-refractivity contribution in [3.63, 3.8) is 0 Å². The van der Waals surface area contributed by atoms with Crippen molar-refractivity contribution in [3.8, 4) is 11.5 Å². The van der Waals surface area contributed by atoms with Crippen LogP contribution in [-0.4, -0.2) is 45.5 Å². The SMILES string of the molecule is CC(=O)O.O=C(O)CC1CCC(c2ccc(NC(=O)CCNC(=O)c3nc(-c4c(Cl)cc(F)cc4Cl)oc3C(F)(F)F)cc2)CC1. The number of amides is 2. The Morgan fingerprint density at radius 1 is 1.00 bits per heavy atom. The quantitative estimate of drug-likeness (QED) is 0.169. The molecule has 0 unspecified atom stereocenters. The summed E-state index contributed by atoms with van der Waals surface area (Å²) in [5.74, 6) is -6.11. The molecule has 0 bridgehead atoms. The third-order valence-corrected chi connectivity index (χ3v) is 7.53. The third-order valence-electron chi connectivity index (χ3n) is 6.93. The molecule has 4 N–H and O–H groups in total. The molecule has 46 heavy (non-hydrogen) atoms. The van der Waals surface area contributed by atoms with Gasteiger partial charge in [0.2, 0.25) is 17.6 Å². The van der Waals surface area contributed by atoms with Crippen molar-refractivity contribution in [2.24, 2.45) is 5.92 Å². The van der Waals surface area contributed by atoms with Crippen LogP contribution in [0.3, 0.4) is 0 Å². The lowest BCUT2D eigenvalue weighted by Crippen LogP contribution is -2.29. The molecule has 0 radical (unpaired) electrons. The van der Waals surface area contributed by atoms with E-state index in [9.17, 15) is 31.9 Å². The summed E-state index contributed by atoms with van der Waals surface area (Å²) < 4.78 is 59.0. The summed E-state index contributed by atoms with van der Waals surface area (Å²) in [4.78, 5) is 48.5. The highest BCUT2D eigenvalue weighted by Crippen LogP contribution is 2.40. The Balaban J connectivity index is 0.00000136. The second-order valence-electron chi connectivity index (χ2n) is 10.4. The molecule has 0 atom stereocenters. The van der Waals surface area contributed by atoms with E-state index in [-0.39, 0.29) is 40.9 Å². The van der Waals surface area contributed by atoms with Crippen LogP contribution < -0.4 is 10.6 Å². The number of carboxylic acids is 2. The number of halogens is 6. The van der Waals surface area contributed by atoms with Crippen molar-refractivity contribution in [3.05, 3.63) is 69.3 Å². The fourth-order valence-electron chi connectivity index (χ4n) is 4.90. The molecular formula is C30H29Cl2F4N3O7. The van der Waals surface area contributed by atoms with Crippen molar-refractivity contribution < 1.29 is 51.4 Å². The standard InChI is InChI=1S/C28H25Cl2F4N3O5.C2H4O2/c29-19-12-17(31)13-20(30)23(19)27-37-24(25(42-27)28(32,33)34)26(41)35-10-9-21(38)36-18-7-5-16(6-8-18)15-3-1-14(2-4-15)11-22(39)40;1-2(3)4/h5-8,12-15H,1-4,9-11H2,(H,35,41)(H,36,38)(H,39,40);1H3,(H,3,4). The zero-order chi connectivity index (χ0) is 34.2. The Morgan fingerprint density at radius 2 is 1.57 bits per heavy atom. The average molecular weight is 690 g/mol. The van der Waals surface area contributed by atoms with Gasteiger partial charge in [0.25, 0.3) is 11.9 Å². The van der Waals surface area contributed by atoms with Gasteiger partial charge in [-0.1, -0.05) is 35.3 Å². The van der Waals surface area contributed by atoms with Crippen LogP contribution in [-0.2, 0) is 20.6 Å². The molecule has 0 spiro atoms. The summed E-state index contributed by atoms with van der Waals surface area (Å²) in [6.45, 7) is 0.778. The van der Waals surface area contributed by atoms with E-state index in [1.807, 2.05) is 12.1 Å². The van der Waals surface area contributed by atoms with Crippen LogP contribution in [0.15, 0.2) is 40.8 Å². The second-order valence-corrected chi connectivity index (χ2v) is 11.3. The van der Waals surface area contributed by atoms with Gasteiger partial charge in [0.15, 0.2) is 5.69 Å². The molecular weight excluding hydrogens is 661 g/mol. The smallest absolute Gasteiger partial charge is 0.452 e. The first kappa shape index (κ1) is 36.3. The third kappa shape index (κ3) is 10.4. The van der Waals surface area contributed by atoms with Crippen molar-refractivity contribution >= 4 is 52.6 Å². The number of aromatic nitrogens is 1. The van der Waals surface area contributed by atoms with E-state index in [2.05, 4.69) is 15.6 Å². The van der Waals surface area contributed by atoms with Crippen LogP contribution in [0.1, 0.15) is 73.2 Å². The molecule has 0 saturated heterocycles. The van der Waals surface area contributed by atoms with Crippen molar-refractivity contribution in [2.45, 2.75) is 57.5 Å². The Labute approximate surface area is 270 Å². The molecule has 1 heterocycles. The number of alkyl halides is 3. The number of carbonyl (C=O) groups excluding carboxylic acids is 2. The van der Waals surface area contributed by atoms with Gasteiger partial charge in [-0.05, 0) is 67.3 Å². The van der Waals surface area contributed by atoms with Crippen LogP contribution in [0.25, 0.3) is 11.5 Å². The van der Waals surface area contributed by atoms with Crippen molar-refractivity contribution in [2.75, 3.05) is 11.9 Å². The Morgan fingerprint density at radius 3 is 2.09 bits per heavy atom. The van der Waals surface area contributed by atoms with Gasteiger partial charge in [-0.15, -0.1) is 0 Å². The highest BCUT2D eigenvalue weighted by Gasteiger charge is 2.42. The number of hydrogen-bond donors (Lipinski definition) is 4. The molecule has 3 aromatic rings. The van der Waals surface area contributed by atoms with Crippen molar-refractivity contribution in [1.29, 1.82) is 0 Å². The van der Waals surface area contributed by atoms with Crippen LogP contribution in [0, 0.1) is 11.7 Å². The summed E-state index contributed by atoms with van der Waals surface area (Å²) in [5, 5.41) is 20.5. The number of aliphatic carboxylic acids is 2. The monoisotopic (exact) mass is 689 g/mol. The van der Waals surface area contributed by atoms with Crippen LogP contribution in [0.5, 0.6) is 0 Å². The maximum absolute atomic E-state index is 13.6. The van der Waals surface area contributed by atoms with Gasteiger partial charge in [0.05, 0.1) is 15.6 Å². The maximum atomic E-state index is 13.6. The minimum Gasteiger partial charge on any atom is -0.481 e. The first-order valence-electron chi connectivity index (χ1n) is 13.9. The van der Waals surface area contributed by atoms with E-state index in [4.69, 9.17) is 42.6 Å². The van der Waals surface area contributed by atoms with E-state index < -0.39 is 53.1 Å². The number of oxazole rings is 1. The number of anilines is 1. The largest absolute Gasteiger partial charge is 0.481 e. The molecule has 16 heteroatoms. The normalized spacial score (nSPS) is 16.2. The van der Waals surface area contributed by atoms with E-state index in [0.717, 1.165) is 50.3 Å². The summed E-state index contributed by atoms with van der Waals surface area (Å²) in [6, 6.07) is 8.85. The zero-order valence-electron chi connectivity index (χ0n) is 24.2. The first-order chi connectivity index (χ1) is 21.5. The minimum absolute atomic E-state index is 0.182. The molecule has 1 aliphatic carbocycles. The molecule has 1 aliphatic rings. The lowest BCUT2D eigenvalue weighted by Gasteiger charge is -2.28. The number of hydrogen-bond acceptors (Lipinski definition) is 6. The molecule has 4 rings (SSSR count). The number of rotatable bonds is 9. The maximum Gasteiger partial charge on any atom is 0.452 e. The highest BCUT2D eigenvalue weighted by atomic mass is 35.5. The predicted octanol–water partition coefficient (Wildman–Crippen LogP) is 7.40. The first-order valence-corrected chi connectivity index (χ1v) is 14.6. The number of nitrogens with zero attached hydrogens (tertiary/aromatic N) is 1. The van der Waals surface area contributed by atoms with Crippen molar-refractivity contribution in [1.82, 2.24) is 10.3 Å². The van der Waals surface area contributed by atoms with Crippen LogP contribution in [0.2, 0.25) is 10.0 Å². The Bertz CT molecular complexity index is 1540. The van der Waals surface area contributed by atoms with Gasteiger partial charge < -0.3 is 25.3 Å². The summed E-state index contributed by atoms with van der Waals surface area (Å²) in [5.41, 5.74) is 0.176. The number of benzene rings is 2. The van der Waals surface area contributed by atoms with Gasteiger partial charge in [-0.25, -0.2) is 9.37 Å². The van der Waals surface area contributed by atoms with Gasteiger partial charge in [-0.3, -0.25) is 19.2 Å². The van der Waals surface area contributed by atoms with Gasteiger partial charge in [0.1, 0.15) is 5.82 Å². The molecule has 2 amide bonds. The predicted molar refractivity (Wildman–Crippen MR) is 159 cm³/mol. The highest BCUT2D eigenvalue weighted by molar-refractivity contribution is 6.39. The molecule has 10 nitrogen and oxygen atoms in total. The summed E-state index contributed by atoms with van der Waals surface area (Å²) >= 11 is 11.8. The van der Waals surface area contributed by atoms with Crippen LogP contribution >= 0.6 is 23.2 Å². The van der Waals surface area contributed by atoms with Crippen LogP contribution in [0.4, 0.5) is 23.2 Å². The zero-order valence-corrected chi connectivity index (χ0v) is 25.7. The van der Waals surface area contributed by atoms with E-state index in [1.54, 1.807) is 12.1 Å².